The fourth-order valence-electron chi connectivity index (χ4n) is 5.83. The molecule has 3 rings (SSSR count). The lowest BCUT2D eigenvalue weighted by molar-refractivity contribution is 0.00787. The van der Waals surface area contributed by atoms with E-state index >= 15 is 0 Å². The first-order valence-electron chi connectivity index (χ1n) is 7.49. The lowest BCUT2D eigenvalue weighted by atomic mass is 9.32. The van der Waals surface area contributed by atoms with Crippen LogP contribution < -0.4 is 0 Å². The molecule has 0 heterocycles. The van der Waals surface area contributed by atoms with Gasteiger partial charge in [0.15, 0.2) is 0 Å². The van der Waals surface area contributed by atoms with Crippen molar-refractivity contribution in [3.05, 3.63) is 0 Å². The molecule has 1 radical (unpaired) electrons. The van der Waals surface area contributed by atoms with Gasteiger partial charge in [-0.2, -0.15) is 0 Å². The highest BCUT2D eigenvalue weighted by atomic mass is 14.9. The van der Waals surface area contributed by atoms with E-state index in [9.17, 15) is 0 Å². The molecule has 17 heavy (non-hydrogen) atoms. The van der Waals surface area contributed by atoms with E-state index in [1.165, 1.54) is 19.3 Å². The first-order chi connectivity index (χ1) is 7.63. The normalized spacial score (nSPS) is 48.1. The Morgan fingerprint density at radius 2 is 1.53 bits per heavy atom. The molecule has 3 aliphatic rings. The summed E-state index contributed by atoms with van der Waals surface area (Å²) in [5.41, 5.74) is 2.06. The second kappa shape index (κ2) is 2.97. The molecule has 0 amide bonds. The van der Waals surface area contributed by atoms with Crippen LogP contribution in [0.2, 0.25) is 11.1 Å². The van der Waals surface area contributed by atoms with Crippen LogP contribution in [0.5, 0.6) is 0 Å². The predicted molar refractivity (Wildman–Crippen MR) is 75.5 cm³/mol. The largest absolute Gasteiger partial charge is 0.122 e. The van der Waals surface area contributed by atoms with Crippen molar-refractivity contribution >= 4 is 7.28 Å². The Kier molecular flexibility index (Phi) is 2.11. The monoisotopic (exact) mass is 231 g/mol. The van der Waals surface area contributed by atoms with Gasteiger partial charge in [-0.25, -0.2) is 0 Å². The topological polar surface area (TPSA) is 0 Å². The van der Waals surface area contributed by atoms with Crippen molar-refractivity contribution < 1.29 is 0 Å². The predicted octanol–water partition coefficient (Wildman–Crippen LogP) is 4.93. The number of hydrogen-bond acceptors (Lipinski definition) is 0. The van der Waals surface area contributed by atoms with Crippen LogP contribution in [0, 0.1) is 22.2 Å². The quantitative estimate of drug-likeness (QED) is 0.561. The molecule has 4 unspecified atom stereocenters. The van der Waals surface area contributed by atoms with Crippen LogP contribution in [-0.4, -0.2) is 7.28 Å². The number of rotatable bonds is 1. The van der Waals surface area contributed by atoms with Crippen LogP contribution in [0.25, 0.3) is 0 Å². The molecule has 3 aliphatic carbocycles. The minimum atomic E-state index is 0.389. The molecule has 0 aromatic rings. The summed E-state index contributed by atoms with van der Waals surface area (Å²) in [6, 6.07) is 0. The van der Waals surface area contributed by atoms with Crippen molar-refractivity contribution in [2.45, 2.75) is 78.4 Å². The summed E-state index contributed by atoms with van der Waals surface area (Å²) >= 11 is 0. The highest BCUT2D eigenvalue weighted by molar-refractivity contribution is 6.42. The van der Waals surface area contributed by atoms with E-state index < -0.39 is 0 Å². The zero-order valence-corrected chi connectivity index (χ0v) is 12.6. The Labute approximate surface area is 108 Å². The molecular weight excluding hydrogens is 203 g/mol. The minimum Gasteiger partial charge on any atom is -0.0674 e. The average molecular weight is 231 g/mol. The molecule has 3 fully saturated rings. The third kappa shape index (κ3) is 1.38. The molecule has 0 saturated heterocycles. The molecular formula is C16H28B. The van der Waals surface area contributed by atoms with Gasteiger partial charge in [0, 0.05) is 0 Å². The van der Waals surface area contributed by atoms with Crippen LogP contribution in [0.3, 0.4) is 0 Å². The Bertz CT molecular complexity index is 346. The van der Waals surface area contributed by atoms with Gasteiger partial charge < -0.3 is 0 Å². The summed E-state index contributed by atoms with van der Waals surface area (Å²) in [7, 11) is 2.71. The molecule has 4 atom stereocenters. The van der Waals surface area contributed by atoms with Crippen LogP contribution in [0.4, 0.5) is 0 Å². The lowest BCUT2D eigenvalue weighted by Crippen LogP contribution is -2.50. The molecule has 95 valence electrons. The highest BCUT2D eigenvalue weighted by Gasteiger charge is 2.85. The van der Waals surface area contributed by atoms with Gasteiger partial charge in [-0.15, -0.1) is 0 Å². The van der Waals surface area contributed by atoms with Gasteiger partial charge in [0.25, 0.3) is 0 Å². The first-order valence-corrected chi connectivity index (χ1v) is 7.49. The average Bonchev–Trinajstić information content (AvgIpc) is 2.52. The molecule has 0 aliphatic heterocycles. The zero-order chi connectivity index (χ0) is 12.7. The van der Waals surface area contributed by atoms with E-state index in [-0.39, 0.29) is 0 Å². The first kappa shape index (κ1) is 12.1. The maximum atomic E-state index is 2.71. The Morgan fingerprint density at radius 3 is 2.06 bits per heavy atom. The molecule has 0 nitrogen and oxygen atoms in total. The van der Waals surface area contributed by atoms with E-state index in [1.807, 2.05) is 0 Å². The van der Waals surface area contributed by atoms with Crippen LogP contribution in [-0.2, 0) is 0 Å². The van der Waals surface area contributed by atoms with E-state index in [4.69, 9.17) is 0 Å². The van der Waals surface area contributed by atoms with Crippen molar-refractivity contribution in [2.24, 2.45) is 22.2 Å². The van der Waals surface area contributed by atoms with Gasteiger partial charge >= 0.3 is 0 Å². The van der Waals surface area contributed by atoms with E-state index in [2.05, 4.69) is 48.8 Å². The Hall–Kier alpha value is 0.0649. The maximum Gasteiger partial charge on any atom is 0.122 e. The second-order valence-electron chi connectivity index (χ2n) is 9.24. The highest BCUT2D eigenvalue weighted by Crippen LogP contribution is 2.94. The van der Waals surface area contributed by atoms with Crippen molar-refractivity contribution in [3.8, 4) is 0 Å². The summed E-state index contributed by atoms with van der Waals surface area (Å²) in [5.74, 6) is 1.86. The molecule has 0 spiro atoms. The molecule has 0 N–H and O–H groups in total. The molecule has 1 heteroatoms. The van der Waals surface area contributed by atoms with Crippen LogP contribution >= 0.6 is 0 Å². The summed E-state index contributed by atoms with van der Waals surface area (Å²) < 4.78 is 0. The second-order valence-corrected chi connectivity index (χ2v) is 9.24. The van der Waals surface area contributed by atoms with Crippen molar-refractivity contribution in [1.29, 1.82) is 0 Å². The third-order valence-corrected chi connectivity index (χ3v) is 5.95. The fourth-order valence-corrected chi connectivity index (χ4v) is 5.83. The summed E-state index contributed by atoms with van der Waals surface area (Å²) in [4.78, 5) is 0. The molecule has 0 aromatic heterocycles. The van der Waals surface area contributed by atoms with Crippen molar-refractivity contribution in [3.63, 3.8) is 0 Å². The summed E-state index contributed by atoms with van der Waals surface area (Å²) in [6.07, 6.45) is 6.11. The van der Waals surface area contributed by atoms with Crippen LogP contribution in [0.1, 0.15) is 67.2 Å². The molecule has 3 saturated carbocycles. The van der Waals surface area contributed by atoms with Crippen molar-refractivity contribution in [2.75, 3.05) is 0 Å². The van der Waals surface area contributed by atoms with Gasteiger partial charge in [0.2, 0.25) is 0 Å². The van der Waals surface area contributed by atoms with Crippen LogP contribution in [0.15, 0.2) is 0 Å². The van der Waals surface area contributed by atoms with Gasteiger partial charge in [-0.3, -0.25) is 0 Å². The minimum absolute atomic E-state index is 0.389. The SMILES string of the molecule is CC(C)(C)[B]C1C(C(C)(C)C)C23CCCC12C3. The smallest absolute Gasteiger partial charge is 0.0674 e. The molecule has 0 bridgehead atoms. The summed E-state index contributed by atoms with van der Waals surface area (Å²) in [5, 5.41) is 0.389. The molecule has 0 aromatic carbocycles. The van der Waals surface area contributed by atoms with Gasteiger partial charge in [-0.1, -0.05) is 59.1 Å². The van der Waals surface area contributed by atoms with Crippen molar-refractivity contribution in [1.82, 2.24) is 0 Å². The Morgan fingerprint density at radius 1 is 0.941 bits per heavy atom. The van der Waals surface area contributed by atoms with E-state index in [1.54, 1.807) is 6.42 Å². The number of hydrogen-bond donors (Lipinski definition) is 0. The summed E-state index contributed by atoms with van der Waals surface area (Å²) in [6.45, 7) is 14.5. The fraction of sp³-hybridized carbons (Fsp3) is 1.00. The van der Waals surface area contributed by atoms with Gasteiger partial charge in [0.05, 0.1) is 0 Å². The van der Waals surface area contributed by atoms with E-state index in [0.29, 0.717) is 10.7 Å². The van der Waals surface area contributed by atoms with Gasteiger partial charge in [-0.05, 0) is 41.4 Å². The van der Waals surface area contributed by atoms with E-state index in [0.717, 1.165) is 22.6 Å². The standard InChI is InChI=1S/C16H28B/c1-13(2,3)11-12(17-14(4,5)6)16-9-7-8-15(11,16)10-16/h11-12H,7-10H2,1-6H3. The zero-order valence-electron chi connectivity index (χ0n) is 12.6. The lowest BCUT2D eigenvalue weighted by Gasteiger charge is -2.56. The third-order valence-electron chi connectivity index (χ3n) is 5.95. The Balaban J connectivity index is 1.87. The maximum absolute atomic E-state index is 2.71. The van der Waals surface area contributed by atoms with Gasteiger partial charge in [0.1, 0.15) is 7.28 Å².